The molecule has 0 saturated carbocycles. The number of nitrogens with one attached hydrogen (secondary N) is 1. The van der Waals surface area contributed by atoms with Gasteiger partial charge in [-0.1, -0.05) is 36.8 Å². The van der Waals surface area contributed by atoms with Gasteiger partial charge in [-0.25, -0.2) is 0 Å². The van der Waals surface area contributed by atoms with Crippen LogP contribution < -0.4 is 5.32 Å². The monoisotopic (exact) mass is 414 g/mol. The molecule has 1 aromatic carbocycles. The van der Waals surface area contributed by atoms with Gasteiger partial charge in [0.05, 0.1) is 19.2 Å². The fourth-order valence-corrected chi connectivity index (χ4v) is 3.59. The highest BCUT2D eigenvalue weighted by atomic mass is 19.4. The molecule has 2 atom stereocenters. The molecule has 1 aliphatic heterocycles. The van der Waals surface area contributed by atoms with Gasteiger partial charge in [0, 0.05) is 26.2 Å². The van der Waals surface area contributed by atoms with Crippen LogP contribution in [-0.2, 0) is 0 Å². The summed E-state index contributed by atoms with van der Waals surface area (Å²) in [6.07, 6.45) is -4.03. The van der Waals surface area contributed by atoms with Gasteiger partial charge in [0.2, 0.25) is 0 Å². The molecule has 0 aliphatic carbocycles. The van der Waals surface area contributed by atoms with E-state index in [1.54, 1.807) is 6.92 Å². The molecule has 2 unspecified atom stereocenters. The Bertz CT molecular complexity index is 648. The number of hydrogen-bond acceptors (Lipinski definition) is 3. The molecule has 5 nitrogen and oxygen atoms in total. The van der Waals surface area contributed by atoms with E-state index < -0.39 is 18.8 Å². The van der Waals surface area contributed by atoms with Gasteiger partial charge in [-0.3, -0.25) is 9.89 Å². The average Bonchev–Trinajstić information content (AvgIpc) is 3.12. The molecule has 0 bridgehead atoms. The minimum Gasteiger partial charge on any atom is -0.386 e. The summed E-state index contributed by atoms with van der Waals surface area (Å²) in [5.74, 6) is 0.878. The molecule has 1 aliphatic rings. The number of hydrogen-bond donors (Lipinski definition) is 2. The second-order valence-electron chi connectivity index (χ2n) is 7.66. The SMILES string of the molecule is CCNC(=NCC(O)c1ccc(C)cc1)N1CCC(CN(CC)CC(F)(F)F)C1. The largest absolute Gasteiger partial charge is 0.401 e. The number of aliphatic hydroxyl groups excluding tert-OH is 1. The number of rotatable bonds is 8. The standard InChI is InChI=1S/C21H33F3N4O/c1-4-25-20(26-12-19(29)18-8-6-16(3)7-9-18)28-11-10-17(14-28)13-27(5-2)15-21(22,23)24/h6-9,17,19,29H,4-5,10-15H2,1-3H3,(H,25,26). The molecule has 2 rings (SSSR count). The third kappa shape index (κ3) is 7.85. The van der Waals surface area contributed by atoms with Crippen LogP contribution in [-0.4, -0.2) is 72.9 Å². The van der Waals surface area contributed by atoms with E-state index in [0.29, 0.717) is 32.1 Å². The van der Waals surface area contributed by atoms with Crippen LogP contribution in [0.1, 0.15) is 37.5 Å². The van der Waals surface area contributed by atoms with Crippen LogP contribution in [0.4, 0.5) is 13.2 Å². The van der Waals surface area contributed by atoms with Crippen molar-refractivity contribution in [1.82, 2.24) is 15.1 Å². The predicted octanol–water partition coefficient (Wildman–Crippen LogP) is 3.20. The van der Waals surface area contributed by atoms with Crippen LogP contribution >= 0.6 is 0 Å². The Hall–Kier alpha value is -1.80. The maximum Gasteiger partial charge on any atom is 0.401 e. The fourth-order valence-electron chi connectivity index (χ4n) is 3.59. The van der Waals surface area contributed by atoms with E-state index in [1.165, 1.54) is 4.90 Å². The maximum absolute atomic E-state index is 12.7. The van der Waals surface area contributed by atoms with Gasteiger partial charge in [-0.2, -0.15) is 13.2 Å². The van der Waals surface area contributed by atoms with Gasteiger partial charge >= 0.3 is 6.18 Å². The second kappa shape index (κ2) is 10.8. The molecule has 0 spiro atoms. The number of aliphatic hydroxyl groups is 1. The lowest BCUT2D eigenvalue weighted by Crippen LogP contribution is -2.42. The minimum atomic E-state index is -4.17. The first-order valence-electron chi connectivity index (χ1n) is 10.3. The molecule has 0 aromatic heterocycles. The highest BCUT2D eigenvalue weighted by molar-refractivity contribution is 5.80. The summed E-state index contributed by atoms with van der Waals surface area (Å²) in [5, 5.41) is 13.7. The zero-order valence-corrected chi connectivity index (χ0v) is 17.5. The van der Waals surface area contributed by atoms with Crippen molar-refractivity contribution < 1.29 is 18.3 Å². The van der Waals surface area contributed by atoms with Gasteiger partial charge in [-0.05, 0) is 38.3 Å². The lowest BCUT2D eigenvalue weighted by atomic mass is 10.1. The summed E-state index contributed by atoms with van der Waals surface area (Å²) in [5.41, 5.74) is 1.95. The van der Waals surface area contributed by atoms with E-state index in [0.717, 1.165) is 24.1 Å². The molecular formula is C21H33F3N4O. The van der Waals surface area contributed by atoms with Crippen molar-refractivity contribution in [3.63, 3.8) is 0 Å². The number of benzene rings is 1. The summed E-state index contributed by atoms with van der Waals surface area (Å²) in [4.78, 5) is 8.11. The highest BCUT2D eigenvalue weighted by Crippen LogP contribution is 2.22. The lowest BCUT2D eigenvalue weighted by molar-refractivity contribution is -0.146. The number of nitrogens with zero attached hydrogens (tertiary/aromatic N) is 3. The molecule has 8 heteroatoms. The van der Waals surface area contributed by atoms with Crippen molar-refractivity contribution in [2.24, 2.45) is 10.9 Å². The Morgan fingerprint density at radius 1 is 1.31 bits per heavy atom. The van der Waals surface area contributed by atoms with E-state index in [1.807, 2.05) is 38.1 Å². The molecule has 1 saturated heterocycles. The van der Waals surface area contributed by atoms with Gasteiger partial charge in [0.25, 0.3) is 0 Å². The molecule has 29 heavy (non-hydrogen) atoms. The van der Waals surface area contributed by atoms with Crippen molar-refractivity contribution >= 4 is 5.96 Å². The van der Waals surface area contributed by atoms with Gasteiger partial charge in [0.15, 0.2) is 5.96 Å². The van der Waals surface area contributed by atoms with Crippen LogP contribution in [0.2, 0.25) is 0 Å². The van der Waals surface area contributed by atoms with E-state index in [2.05, 4.69) is 15.2 Å². The second-order valence-corrected chi connectivity index (χ2v) is 7.66. The summed E-state index contributed by atoms with van der Waals surface area (Å²) in [6.45, 7) is 8.02. The van der Waals surface area contributed by atoms with E-state index in [9.17, 15) is 18.3 Å². The van der Waals surface area contributed by atoms with Gasteiger partial charge in [-0.15, -0.1) is 0 Å². The molecular weight excluding hydrogens is 381 g/mol. The first-order chi connectivity index (χ1) is 13.7. The predicted molar refractivity (Wildman–Crippen MR) is 110 cm³/mol. The average molecular weight is 415 g/mol. The summed E-state index contributed by atoms with van der Waals surface area (Å²) >= 11 is 0. The first-order valence-corrected chi connectivity index (χ1v) is 10.3. The third-order valence-electron chi connectivity index (χ3n) is 5.16. The van der Waals surface area contributed by atoms with Crippen LogP contribution in [0.5, 0.6) is 0 Å². The van der Waals surface area contributed by atoms with Crippen LogP contribution in [0.15, 0.2) is 29.3 Å². The molecule has 1 fully saturated rings. The summed E-state index contributed by atoms with van der Waals surface area (Å²) in [6, 6.07) is 7.71. The Balaban J connectivity index is 1.94. The van der Waals surface area contributed by atoms with Crippen molar-refractivity contribution in [2.45, 2.75) is 39.5 Å². The molecule has 0 amide bonds. The molecule has 1 heterocycles. The number of halogens is 3. The third-order valence-corrected chi connectivity index (χ3v) is 5.16. The summed E-state index contributed by atoms with van der Waals surface area (Å²) < 4.78 is 38.1. The van der Waals surface area contributed by atoms with E-state index >= 15 is 0 Å². The Morgan fingerprint density at radius 2 is 2.00 bits per heavy atom. The molecule has 1 aromatic rings. The topological polar surface area (TPSA) is 51.1 Å². The Labute approximate surface area is 171 Å². The highest BCUT2D eigenvalue weighted by Gasteiger charge is 2.33. The fraction of sp³-hybridized carbons (Fsp3) is 0.667. The van der Waals surface area contributed by atoms with E-state index in [4.69, 9.17) is 0 Å². The molecule has 0 radical (unpaired) electrons. The zero-order chi connectivity index (χ0) is 21.4. The van der Waals surface area contributed by atoms with Crippen molar-refractivity contribution in [1.29, 1.82) is 0 Å². The number of alkyl halides is 3. The van der Waals surface area contributed by atoms with Gasteiger partial charge in [0.1, 0.15) is 0 Å². The maximum atomic E-state index is 12.7. The van der Waals surface area contributed by atoms with Gasteiger partial charge < -0.3 is 15.3 Å². The first kappa shape index (κ1) is 23.5. The number of aryl methyl sites for hydroxylation is 1. The summed E-state index contributed by atoms with van der Waals surface area (Å²) in [7, 11) is 0. The lowest BCUT2D eigenvalue weighted by Gasteiger charge is -2.26. The van der Waals surface area contributed by atoms with Crippen LogP contribution in [0.25, 0.3) is 0 Å². The van der Waals surface area contributed by atoms with E-state index in [-0.39, 0.29) is 12.5 Å². The minimum absolute atomic E-state index is 0.170. The Kier molecular flexibility index (Phi) is 8.77. The Morgan fingerprint density at radius 3 is 2.59 bits per heavy atom. The number of aliphatic imine (C=N–C) groups is 1. The van der Waals surface area contributed by atoms with Crippen LogP contribution in [0.3, 0.4) is 0 Å². The normalized spacial score (nSPS) is 19.1. The molecule has 164 valence electrons. The smallest absolute Gasteiger partial charge is 0.386 e. The van der Waals surface area contributed by atoms with Crippen LogP contribution in [0, 0.1) is 12.8 Å². The van der Waals surface area contributed by atoms with Crippen molar-refractivity contribution in [3.05, 3.63) is 35.4 Å². The zero-order valence-electron chi connectivity index (χ0n) is 17.5. The number of likely N-dealkylation sites (tertiary alicyclic amines) is 1. The molecule has 2 N–H and O–H groups in total. The van der Waals surface area contributed by atoms with Crippen molar-refractivity contribution in [2.75, 3.05) is 45.8 Å². The quantitative estimate of drug-likeness (QED) is 0.507. The van der Waals surface area contributed by atoms with Crippen molar-refractivity contribution in [3.8, 4) is 0 Å². The number of guanidine groups is 1.